The molecule has 27 heavy (non-hydrogen) atoms. The molecule has 0 unspecified atom stereocenters. The maximum atomic E-state index is 13.3. The van der Waals surface area contributed by atoms with Crippen molar-refractivity contribution < 1.29 is 4.79 Å². The van der Waals surface area contributed by atoms with E-state index in [-0.39, 0.29) is 11.9 Å². The van der Waals surface area contributed by atoms with Crippen molar-refractivity contribution in [3.05, 3.63) is 60.2 Å². The number of nitrogens with zero attached hydrogens (tertiary/aromatic N) is 2. The second-order valence-electron chi connectivity index (χ2n) is 6.72. The molecular weight excluding hydrogens is 392 g/mol. The van der Waals surface area contributed by atoms with E-state index in [0.717, 1.165) is 28.9 Å². The fourth-order valence-corrected chi connectivity index (χ4v) is 5.88. The fraction of sp³-hybridized carbons (Fsp3) is 0.333. The van der Waals surface area contributed by atoms with Crippen LogP contribution >= 0.6 is 35.7 Å². The Morgan fingerprint density at radius 2 is 1.78 bits per heavy atom. The largest absolute Gasteiger partial charge is 0.358 e. The monoisotopic (exact) mass is 414 g/mol. The summed E-state index contributed by atoms with van der Waals surface area (Å²) in [6, 6.07) is 18.6. The van der Waals surface area contributed by atoms with Crippen molar-refractivity contribution in [1.82, 2.24) is 4.90 Å². The van der Waals surface area contributed by atoms with Crippen LogP contribution in [0.25, 0.3) is 0 Å². The lowest BCUT2D eigenvalue weighted by atomic mass is 10.1. The van der Waals surface area contributed by atoms with E-state index >= 15 is 0 Å². The highest BCUT2D eigenvalue weighted by molar-refractivity contribution is 8.23. The number of hydrogen-bond donors (Lipinski definition) is 0. The normalized spacial score (nSPS) is 19.0. The molecular formula is C21H22N2OS3. The van der Waals surface area contributed by atoms with Crippen molar-refractivity contribution in [1.29, 1.82) is 0 Å². The van der Waals surface area contributed by atoms with Gasteiger partial charge in [0.15, 0.2) is 0 Å². The molecule has 6 heteroatoms. The topological polar surface area (TPSA) is 23.6 Å². The van der Waals surface area contributed by atoms with Crippen molar-refractivity contribution in [2.24, 2.45) is 0 Å². The number of amides is 1. The smallest absolute Gasteiger partial charge is 0.238 e. The Kier molecular flexibility index (Phi) is 6.05. The van der Waals surface area contributed by atoms with Crippen molar-refractivity contribution in [3.8, 4) is 0 Å². The molecule has 1 amide bonds. The second-order valence-corrected chi connectivity index (χ2v) is 9.39. The van der Waals surface area contributed by atoms with Crippen LogP contribution in [0.3, 0.4) is 0 Å². The molecule has 0 aliphatic carbocycles. The van der Waals surface area contributed by atoms with Crippen LogP contribution in [0.5, 0.6) is 0 Å². The van der Waals surface area contributed by atoms with E-state index in [9.17, 15) is 4.79 Å². The zero-order valence-electron chi connectivity index (χ0n) is 15.0. The van der Waals surface area contributed by atoms with Crippen LogP contribution in [0.15, 0.2) is 59.5 Å². The van der Waals surface area contributed by atoms with E-state index < -0.39 is 0 Å². The third-order valence-corrected chi connectivity index (χ3v) is 7.62. The minimum Gasteiger partial charge on any atom is -0.358 e. The molecule has 2 aromatic carbocycles. The van der Waals surface area contributed by atoms with Gasteiger partial charge in [-0.05, 0) is 30.5 Å². The third kappa shape index (κ3) is 4.18. The summed E-state index contributed by atoms with van der Waals surface area (Å²) in [6.45, 7) is 2.05. The van der Waals surface area contributed by atoms with Crippen LogP contribution in [-0.4, -0.2) is 39.7 Å². The van der Waals surface area contributed by atoms with Crippen LogP contribution in [0.1, 0.15) is 24.4 Å². The van der Waals surface area contributed by atoms with Crippen molar-refractivity contribution >= 4 is 51.7 Å². The average Bonchev–Trinajstić information content (AvgIpc) is 3.26. The van der Waals surface area contributed by atoms with Crippen LogP contribution in [0.2, 0.25) is 0 Å². The quantitative estimate of drug-likeness (QED) is 0.659. The number of anilines is 1. The summed E-state index contributed by atoms with van der Waals surface area (Å²) in [5, 5.41) is 0. The van der Waals surface area contributed by atoms with Gasteiger partial charge in [-0.15, -0.1) is 11.8 Å². The molecule has 0 bridgehead atoms. The number of para-hydroxylation sites is 1. The van der Waals surface area contributed by atoms with Gasteiger partial charge in [-0.25, -0.2) is 0 Å². The number of benzene rings is 2. The van der Waals surface area contributed by atoms with Gasteiger partial charge < -0.3 is 9.80 Å². The van der Waals surface area contributed by atoms with E-state index in [0.29, 0.717) is 5.75 Å². The second kappa shape index (κ2) is 8.67. The van der Waals surface area contributed by atoms with E-state index in [1.807, 2.05) is 47.0 Å². The molecule has 1 atom stereocenters. The lowest BCUT2D eigenvalue weighted by Gasteiger charge is -2.37. The van der Waals surface area contributed by atoms with Gasteiger partial charge in [0.25, 0.3) is 0 Å². The molecule has 0 N–H and O–H groups in total. The number of carbonyl (C=O) groups excluding carboxylic acids is 1. The number of fused-ring (bicyclic) bond motifs is 1. The molecule has 0 saturated carbocycles. The van der Waals surface area contributed by atoms with Crippen LogP contribution in [0.4, 0.5) is 5.69 Å². The standard InChI is InChI=1S/C21H22N2OS3/c24-20(15-27-21(25)22-12-6-7-13-22)23-17-10-4-5-11-19(17)26-14-18(23)16-8-2-1-3-9-16/h1-5,8-11,18H,6-7,12-15H2/t18-/m1/s1. The molecule has 2 aromatic rings. The number of thioether (sulfide) groups is 2. The summed E-state index contributed by atoms with van der Waals surface area (Å²) >= 11 is 8.88. The summed E-state index contributed by atoms with van der Waals surface area (Å²) in [5.41, 5.74) is 2.19. The summed E-state index contributed by atoms with van der Waals surface area (Å²) in [4.78, 5) is 18.7. The molecule has 140 valence electrons. The Labute approximate surface area is 174 Å². The molecule has 1 saturated heterocycles. The number of thiocarbonyl (C=S) groups is 1. The number of hydrogen-bond acceptors (Lipinski definition) is 4. The summed E-state index contributed by atoms with van der Waals surface area (Å²) in [5.74, 6) is 1.38. The fourth-order valence-electron chi connectivity index (χ4n) is 3.60. The number of likely N-dealkylation sites (tertiary alicyclic amines) is 1. The molecule has 0 radical (unpaired) electrons. The molecule has 1 fully saturated rings. The van der Waals surface area contributed by atoms with Gasteiger partial charge in [0.2, 0.25) is 5.91 Å². The predicted octanol–water partition coefficient (Wildman–Crippen LogP) is 4.98. The summed E-state index contributed by atoms with van der Waals surface area (Å²) in [6.07, 6.45) is 2.39. The molecule has 0 spiro atoms. The number of carbonyl (C=O) groups is 1. The maximum absolute atomic E-state index is 13.3. The van der Waals surface area contributed by atoms with Crippen LogP contribution < -0.4 is 4.90 Å². The molecule has 2 heterocycles. The van der Waals surface area contributed by atoms with Crippen LogP contribution in [-0.2, 0) is 4.79 Å². The van der Waals surface area contributed by atoms with Crippen molar-refractivity contribution in [2.45, 2.75) is 23.8 Å². The van der Waals surface area contributed by atoms with E-state index in [2.05, 4.69) is 29.2 Å². The molecule has 2 aliphatic heterocycles. The van der Waals surface area contributed by atoms with Crippen molar-refractivity contribution in [3.63, 3.8) is 0 Å². The molecule has 2 aliphatic rings. The third-order valence-electron chi connectivity index (χ3n) is 4.97. The summed E-state index contributed by atoms with van der Waals surface area (Å²) < 4.78 is 0.858. The molecule has 4 rings (SSSR count). The van der Waals surface area contributed by atoms with Gasteiger partial charge in [0, 0.05) is 23.7 Å². The van der Waals surface area contributed by atoms with Crippen LogP contribution in [0, 0.1) is 0 Å². The van der Waals surface area contributed by atoms with Crippen molar-refractivity contribution in [2.75, 3.05) is 29.5 Å². The van der Waals surface area contributed by atoms with Gasteiger partial charge in [-0.1, -0.05) is 66.4 Å². The Hall–Kier alpha value is -1.50. The van der Waals surface area contributed by atoms with E-state index in [4.69, 9.17) is 12.2 Å². The molecule has 3 nitrogen and oxygen atoms in total. The zero-order valence-corrected chi connectivity index (χ0v) is 17.5. The maximum Gasteiger partial charge on any atom is 0.238 e. The highest BCUT2D eigenvalue weighted by Crippen LogP contribution is 2.43. The Morgan fingerprint density at radius 3 is 2.56 bits per heavy atom. The minimum absolute atomic E-state index is 0.0551. The van der Waals surface area contributed by atoms with Gasteiger partial charge in [-0.3, -0.25) is 4.79 Å². The number of rotatable bonds is 3. The minimum atomic E-state index is 0.0551. The first kappa shape index (κ1) is 18.8. The first-order valence-electron chi connectivity index (χ1n) is 9.24. The first-order valence-corrected chi connectivity index (χ1v) is 11.6. The van der Waals surface area contributed by atoms with Gasteiger partial charge in [0.05, 0.1) is 17.5 Å². The van der Waals surface area contributed by atoms with Gasteiger partial charge in [0.1, 0.15) is 4.32 Å². The predicted molar refractivity (Wildman–Crippen MR) is 120 cm³/mol. The summed E-state index contributed by atoms with van der Waals surface area (Å²) in [7, 11) is 0. The zero-order chi connectivity index (χ0) is 18.6. The van der Waals surface area contributed by atoms with E-state index in [1.54, 1.807) is 0 Å². The van der Waals surface area contributed by atoms with Gasteiger partial charge >= 0.3 is 0 Å². The lowest BCUT2D eigenvalue weighted by Crippen LogP contribution is -2.40. The first-order chi connectivity index (χ1) is 13.2. The SMILES string of the molecule is O=C(CSC(=S)N1CCCC1)N1c2ccccc2SC[C@@H]1c1ccccc1. The highest BCUT2D eigenvalue weighted by atomic mass is 32.2. The Balaban J connectivity index is 1.55. The average molecular weight is 415 g/mol. The Morgan fingerprint density at radius 1 is 1.07 bits per heavy atom. The van der Waals surface area contributed by atoms with Gasteiger partial charge in [-0.2, -0.15) is 0 Å². The van der Waals surface area contributed by atoms with E-state index in [1.165, 1.54) is 35.1 Å². The highest BCUT2D eigenvalue weighted by Gasteiger charge is 2.32. The Bertz CT molecular complexity index is 821. The lowest BCUT2D eigenvalue weighted by molar-refractivity contribution is -0.116. The molecule has 0 aromatic heterocycles.